The first-order valence-electron chi connectivity index (χ1n) is 11.2. The van der Waals surface area contributed by atoms with Gasteiger partial charge in [-0.1, -0.05) is 45.4 Å². The Labute approximate surface area is 232 Å². The monoisotopic (exact) mass is 603 g/mol. The third-order valence-electron chi connectivity index (χ3n) is 5.86. The predicted octanol–water partition coefficient (Wildman–Crippen LogP) is 3.18. The first-order valence-corrected chi connectivity index (χ1v) is 12.9. The Balaban J connectivity index is 1.51. The second-order valence-electron chi connectivity index (χ2n) is 8.34. The van der Waals surface area contributed by atoms with Crippen molar-refractivity contribution in [2.45, 2.75) is 41.3 Å². The van der Waals surface area contributed by atoms with Gasteiger partial charge >= 0.3 is 0 Å². The van der Waals surface area contributed by atoms with Crippen LogP contribution in [0.4, 0.5) is 13.2 Å². The van der Waals surface area contributed by atoms with Crippen LogP contribution in [0.5, 0.6) is 0 Å². The maximum absolute atomic E-state index is 13.8. The van der Waals surface area contributed by atoms with Gasteiger partial charge in [-0.2, -0.15) is 5.21 Å². The highest BCUT2D eigenvalue weighted by Gasteiger charge is 2.48. The van der Waals surface area contributed by atoms with Crippen molar-refractivity contribution in [1.29, 1.82) is 0 Å². The van der Waals surface area contributed by atoms with Gasteiger partial charge < -0.3 is 19.7 Å². The summed E-state index contributed by atoms with van der Waals surface area (Å²) in [6.45, 7) is -0.699. The molecule has 39 heavy (non-hydrogen) atoms. The molecule has 1 aliphatic heterocycles. The highest BCUT2D eigenvalue weighted by Crippen LogP contribution is 2.41. The van der Waals surface area contributed by atoms with Gasteiger partial charge in [-0.15, -0.1) is 15.3 Å². The van der Waals surface area contributed by atoms with E-state index in [4.69, 9.17) is 32.7 Å². The number of aromatic nitrogens is 7. The Morgan fingerprint density at radius 1 is 1.10 bits per heavy atom. The number of aliphatic hydroxyl groups is 2. The number of nitrogens with zero attached hydrogens (tertiary/aromatic N) is 6. The molecule has 1 aliphatic rings. The summed E-state index contributed by atoms with van der Waals surface area (Å²) < 4.78 is 54.4. The molecular weight excluding hydrogens is 586 g/mol. The largest absolute Gasteiger partial charge is 0.394 e. The average Bonchev–Trinajstić information content (AvgIpc) is 3.61. The first-order chi connectivity index (χ1) is 18.7. The van der Waals surface area contributed by atoms with Crippen molar-refractivity contribution < 1.29 is 32.9 Å². The van der Waals surface area contributed by atoms with Gasteiger partial charge in [0.1, 0.15) is 42.1 Å². The van der Waals surface area contributed by atoms with Crippen molar-refractivity contribution in [1.82, 2.24) is 35.6 Å². The lowest BCUT2D eigenvalue weighted by Gasteiger charge is -2.43. The minimum absolute atomic E-state index is 0.00218. The summed E-state index contributed by atoms with van der Waals surface area (Å²) >= 11 is 13.4. The molecule has 0 aliphatic carbocycles. The van der Waals surface area contributed by atoms with E-state index in [1.807, 2.05) is 0 Å². The smallest absolute Gasteiger partial charge is 0.200 e. The van der Waals surface area contributed by atoms with E-state index in [1.54, 1.807) is 18.2 Å². The van der Waals surface area contributed by atoms with E-state index in [0.29, 0.717) is 14.9 Å². The van der Waals surface area contributed by atoms with Crippen LogP contribution in [0, 0.1) is 17.5 Å². The van der Waals surface area contributed by atoms with Gasteiger partial charge in [0.05, 0.1) is 22.8 Å². The Morgan fingerprint density at radius 3 is 2.54 bits per heavy atom. The number of benzene rings is 2. The van der Waals surface area contributed by atoms with E-state index in [-0.39, 0.29) is 23.7 Å². The molecule has 11 nitrogen and oxygen atoms in total. The lowest BCUT2D eigenvalue weighted by molar-refractivity contribution is -0.196. The molecule has 0 saturated carbocycles. The number of halogens is 5. The second-order valence-corrected chi connectivity index (χ2v) is 10.3. The van der Waals surface area contributed by atoms with E-state index in [9.17, 15) is 23.4 Å². The lowest BCUT2D eigenvalue weighted by Crippen LogP contribution is -2.55. The van der Waals surface area contributed by atoms with E-state index >= 15 is 0 Å². The minimum atomic E-state index is -1.62. The molecule has 2 aromatic heterocycles. The van der Waals surface area contributed by atoms with Crippen molar-refractivity contribution >= 4 is 35.0 Å². The van der Waals surface area contributed by atoms with Crippen LogP contribution >= 0.6 is 35.0 Å². The summed E-state index contributed by atoms with van der Waals surface area (Å²) in [7, 11) is 0. The quantitative estimate of drug-likeness (QED) is 0.257. The zero-order valence-corrected chi connectivity index (χ0v) is 21.8. The Kier molecular flexibility index (Phi) is 8.37. The van der Waals surface area contributed by atoms with Gasteiger partial charge in [0.25, 0.3) is 0 Å². The highest BCUT2D eigenvalue weighted by atomic mass is 35.5. The predicted molar refractivity (Wildman–Crippen MR) is 131 cm³/mol. The number of thioether (sulfide) groups is 1. The van der Waals surface area contributed by atoms with Crippen molar-refractivity contribution in [3.63, 3.8) is 0 Å². The summed E-state index contributed by atoms with van der Waals surface area (Å²) in [6, 6.07) is 5.45. The maximum Gasteiger partial charge on any atom is 0.200 e. The van der Waals surface area contributed by atoms with Crippen molar-refractivity contribution in [3.8, 4) is 11.3 Å². The van der Waals surface area contributed by atoms with Gasteiger partial charge in [-0.3, -0.25) is 0 Å². The number of hydrogen-bond donors (Lipinski definition) is 3. The second kappa shape index (κ2) is 11.8. The van der Waals surface area contributed by atoms with Crippen molar-refractivity contribution in [3.05, 3.63) is 69.9 Å². The van der Waals surface area contributed by atoms with E-state index in [1.165, 1.54) is 22.6 Å². The number of rotatable bonds is 8. The molecule has 0 amide bonds. The summed E-state index contributed by atoms with van der Waals surface area (Å²) in [5, 5.41) is 43.2. The molecule has 5 rings (SSSR count). The standard InChI is InChI=1S/C22H18Cl2F3N7O4S/c23-11-2-1-10(5-12(11)24)39-22-21(37-8-17-29-31-32-30-17)19(20(36)16(7-35)38-22)34-6-15(28-33-34)9-3-13(25)18(27)14(26)4-9/h1-6,16,19-22,35-36H,7-8H2,(H,29,30,31,32)/t16?,19?,20-,21?,22+/m0/s1. The van der Waals surface area contributed by atoms with Crippen LogP contribution in [-0.4, -0.2) is 76.2 Å². The van der Waals surface area contributed by atoms with Gasteiger partial charge in [-0.05, 0) is 30.3 Å². The number of nitrogens with one attached hydrogen (secondary N) is 1. The first kappa shape index (κ1) is 27.8. The third-order valence-corrected chi connectivity index (χ3v) is 7.73. The molecule has 0 spiro atoms. The van der Waals surface area contributed by atoms with Gasteiger partial charge in [0.2, 0.25) is 0 Å². The zero-order valence-electron chi connectivity index (χ0n) is 19.5. The highest BCUT2D eigenvalue weighted by molar-refractivity contribution is 7.99. The molecule has 2 aromatic carbocycles. The molecule has 3 unspecified atom stereocenters. The fourth-order valence-corrected chi connectivity index (χ4v) is 5.53. The number of ether oxygens (including phenoxy) is 2. The SMILES string of the molecule is OCC1O[C@H](Sc2ccc(Cl)c(Cl)c2)C(OCc2nn[nH]n2)C(n2cc(-c3cc(F)c(F)c(F)c3)nn2)[C@H]1O. The summed E-state index contributed by atoms with van der Waals surface area (Å²) in [4.78, 5) is 0.644. The number of tetrazole rings is 1. The molecule has 17 heteroatoms. The number of aromatic amines is 1. The summed E-state index contributed by atoms with van der Waals surface area (Å²) in [5.41, 5.74) is -0.936. The molecule has 0 radical (unpaired) electrons. The molecule has 3 N–H and O–H groups in total. The molecule has 3 heterocycles. The number of aliphatic hydroxyl groups excluding tert-OH is 2. The topological polar surface area (TPSA) is 144 Å². The summed E-state index contributed by atoms with van der Waals surface area (Å²) in [6.07, 6.45) is -2.11. The van der Waals surface area contributed by atoms with Crippen LogP contribution in [-0.2, 0) is 16.1 Å². The van der Waals surface area contributed by atoms with E-state index in [0.717, 1.165) is 12.1 Å². The zero-order chi connectivity index (χ0) is 27.7. The summed E-state index contributed by atoms with van der Waals surface area (Å²) in [5.74, 6) is -4.20. The van der Waals surface area contributed by atoms with Gasteiger partial charge in [0.15, 0.2) is 23.3 Å². The molecule has 4 aromatic rings. The third kappa shape index (κ3) is 5.89. The molecular formula is C22H18Cl2F3N7O4S. The Bertz CT molecular complexity index is 1430. The van der Waals surface area contributed by atoms with Crippen LogP contribution in [0.1, 0.15) is 11.9 Å². The van der Waals surface area contributed by atoms with Gasteiger partial charge in [-0.25, -0.2) is 17.9 Å². The van der Waals surface area contributed by atoms with E-state index < -0.39 is 53.8 Å². The molecule has 5 atom stereocenters. The fourth-order valence-electron chi connectivity index (χ4n) is 3.99. The maximum atomic E-state index is 13.8. The number of hydrogen-bond acceptors (Lipinski definition) is 10. The van der Waals surface area contributed by atoms with Crippen LogP contribution in [0.15, 0.2) is 41.4 Å². The number of H-pyrrole nitrogens is 1. The molecule has 0 bridgehead atoms. The molecule has 1 saturated heterocycles. The Morgan fingerprint density at radius 2 is 1.87 bits per heavy atom. The van der Waals surface area contributed by atoms with Crippen molar-refractivity contribution in [2.75, 3.05) is 6.61 Å². The van der Waals surface area contributed by atoms with Crippen LogP contribution in [0.2, 0.25) is 10.0 Å². The van der Waals surface area contributed by atoms with Crippen LogP contribution in [0.3, 0.4) is 0 Å². The normalized spacial score (nSPS) is 23.3. The van der Waals surface area contributed by atoms with Gasteiger partial charge in [0, 0.05) is 10.5 Å². The van der Waals surface area contributed by atoms with Crippen LogP contribution in [0.25, 0.3) is 11.3 Å². The van der Waals surface area contributed by atoms with Crippen LogP contribution < -0.4 is 0 Å². The lowest BCUT2D eigenvalue weighted by atomic mass is 9.97. The molecule has 206 valence electrons. The average molecular weight is 604 g/mol. The molecule has 1 fully saturated rings. The van der Waals surface area contributed by atoms with Crippen molar-refractivity contribution in [2.24, 2.45) is 0 Å². The minimum Gasteiger partial charge on any atom is -0.394 e. The van der Waals surface area contributed by atoms with E-state index in [2.05, 4.69) is 30.9 Å². The Hall–Kier alpha value is -2.79. The fraction of sp³-hybridized carbons (Fsp3) is 0.318.